The van der Waals surface area contributed by atoms with Gasteiger partial charge >= 0.3 is 0 Å². The first-order valence-electron chi connectivity index (χ1n) is 14.7. The standard InChI is InChI=1S/C36H41NO3/c1-4-5-6-7-8-12-35(38)29-15-13-28(14-16-29)26(2)23-30-10-9-11-34(27(30)3)31-17-18-36(32(24-31)25-37)40-33-19-21-39-22-20-33/h9-11,13-18,23-24,33H,4-8,12,19-22H2,1-3H3/b26-23+. The summed E-state index contributed by atoms with van der Waals surface area (Å²) in [5.74, 6) is 0.871. The molecule has 0 saturated carbocycles. The molecular formula is C36H41NO3. The van der Waals surface area contributed by atoms with Gasteiger partial charge in [0.15, 0.2) is 5.78 Å². The second kappa shape index (κ2) is 14.6. The van der Waals surface area contributed by atoms with E-state index >= 15 is 0 Å². The Morgan fingerprint density at radius 2 is 1.73 bits per heavy atom. The highest BCUT2D eigenvalue weighted by molar-refractivity contribution is 5.96. The molecule has 4 rings (SSSR count). The van der Waals surface area contributed by atoms with E-state index in [1.165, 1.54) is 19.3 Å². The maximum absolute atomic E-state index is 12.6. The summed E-state index contributed by atoms with van der Waals surface area (Å²) >= 11 is 0. The van der Waals surface area contributed by atoms with Gasteiger partial charge in [-0.1, -0.05) is 87.2 Å². The third kappa shape index (κ3) is 7.71. The van der Waals surface area contributed by atoms with Crippen LogP contribution in [0.15, 0.2) is 60.7 Å². The van der Waals surface area contributed by atoms with E-state index in [0.29, 0.717) is 30.9 Å². The summed E-state index contributed by atoms with van der Waals surface area (Å²) in [6.07, 6.45) is 10.4. The zero-order valence-corrected chi connectivity index (χ0v) is 24.2. The van der Waals surface area contributed by atoms with Crippen molar-refractivity contribution in [2.24, 2.45) is 0 Å². The molecule has 208 valence electrons. The third-order valence-electron chi connectivity index (χ3n) is 7.79. The minimum Gasteiger partial charge on any atom is -0.489 e. The van der Waals surface area contributed by atoms with Crippen molar-refractivity contribution >= 4 is 17.4 Å². The molecule has 0 amide bonds. The Morgan fingerprint density at radius 3 is 2.45 bits per heavy atom. The molecular weight excluding hydrogens is 494 g/mol. The molecule has 1 heterocycles. The van der Waals surface area contributed by atoms with E-state index in [-0.39, 0.29) is 11.9 Å². The Hall–Kier alpha value is -3.68. The molecule has 4 nitrogen and oxygen atoms in total. The lowest BCUT2D eigenvalue weighted by Crippen LogP contribution is -2.26. The molecule has 1 aliphatic heterocycles. The number of ketones is 1. The first-order valence-corrected chi connectivity index (χ1v) is 14.7. The summed E-state index contributed by atoms with van der Waals surface area (Å²) in [6.45, 7) is 7.83. The molecule has 0 radical (unpaired) electrons. The van der Waals surface area contributed by atoms with Gasteiger partial charge in [-0.2, -0.15) is 5.26 Å². The van der Waals surface area contributed by atoms with Crippen molar-refractivity contribution in [2.75, 3.05) is 13.2 Å². The predicted octanol–water partition coefficient (Wildman–Crippen LogP) is 9.20. The molecule has 0 N–H and O–H groups in total. The van der Waals surface area contributed by atoms with Crippen molar-refractivity contribution in [1.29, 1.82) is 5.26 Å². The second-order valence-electron chi connectivity index (χ2n) is 10.8. The van der Waals surface area contributed by atoms with Gasteiger partial charge in [-0.25, -0.2) is 0 Å². The van der Waals surface area contributed by atoms with Crippen LogP contribution in [0.4, 0.5) is 0 Å². The van der Waals surface area contributed by atoms with Crippen LogP contribution in [0.1, 0.15) is 97.8 Å². The Morgan fingerprint density at radius 1 is 1.00 bits per heavy atom. The predicted molar refractivity (Wildman–Crippen MR) is 163 cm³/mol. The van der Waals surface area contributed by atoms with E-state index in [2.05, 4.69) is 51.1 Å². The quantitative estimate of drug-likeness (QED) is 0.132. The van der Waals surface area contributed by atoms with E-state index in [1.807, 2.05) is 42.5 Å². The molecule has 0 atom stereocenters. The molecule has 0 aliphatic carbocycles. The number of nitrogens with zero attached hydrogens (tertiary/aromatic N) is 1. The Labute approximate surface area is 239 Å². The molecule has 4 heteroatoms. The first-order chi connectivity index (χ1) is 19.5. The lowest BCUT2D eigenvalue weighted by Gasteiger charge is -2.24. The highest BCUT2D eigenvalue weighted by atomic mass is 16.5. The van der Waals surface area contributed by atoms with Gasteiger partial charge < -0.3 is 9.47 Å². The number of carbonyl (C=O) groups is 1. The van der Waals surface area contributed by atoms with Crippen molar-refractivity contribution < 1.29 is 14.3 Å². The fourth-order valence-electron chi connectivity index (χ4n) is 5.25. The van der Waals surface area contributed by atoms with Crippen molar-refractivity contribution in [3.63, 3.8) is 0 Å². The molecule has 0 bridgehead atoms. The average molecular weight is 536 g/mol. The van der Waals surface area contributed by atoms with Crippen molar-refractivity contribution in [3.05, 3.63) is 88.5 Å². The zero-order valence-electron chi connectivity index (χ0n) is 24.2. The van der Waals surface area contributed by atoms with Crippen LogP contribution < -0.4 is 4.74 Å². The number of benzene rings is 3. The van der Waals surface area contributed by atoms with Gasteiger partial charge in [0.25, 0.3) is 0 Å². The molecule has 0 spiro atoms. The first kappa shape index (κ1) is 29.3. The van der Waals surface area contributed by atoms with Crippen molar-refractivity contribution in [3.8, 4) is 22.9 Å². The minimum atomic E-state index is 0.0904. The minimum absolute atomic E-state index is 0.0904. The number of allylic oxidation sites excluding steroid dienone is 1. The topological polar surface area (TPSA) is 59.3 Å². The van der Waals surface area contributed by atoms with Crippen molar-refractivity contribution in [2.45, 2.75) is 78.2 Å². The number of rotatable bonds is 12. The molecule has 3 aromatic rings. The molecule has 1 saturated heterocycles. The molecule has 1 aliphatic rings. The number of hydrogen-bond donors (Lipinski definition) is 0. The van der Waals surface area contributed by atoms with Crippen LogP contribution in [0.5, 0.6) is 5.75 Å². The monoisotopic (exact) mass is 535 g/mol. The maximum atomic E-state index is 12.6. The van der Waals surface area contributed by atoms with Crippen LogP contribution in [0.25, 0.3) is 22.8 Å². The summed E-state index contributed by atoms with van der Waals surface area (Å²) in [6, 6.07) is 22.5. The Bertz CT molecular complexity index is 1360. The molecule has 3 aromatic carbocycles. The SMILES string of the molecule is CCCCCCCC(=O)c1ccc(/C(C)=C/c2cccc(-c3ccc(OC4CCOCC4)c(C#N)c3)c2C)cc1. The third-order valence-corrected chi connectivity index (χ3v) is 7.79. The lowest BCUT2D eigenvalue weighted by atomic mass is 9.93. The van der Waals surface area contributed by atoms with Gasteiger partial charge in [0.2, 0.25) is 0 Å². The normalized spacial score (nSPS) is 14.1. The Balaban J connectivity index is 1.47. The van der Waals surface area contributed by atoms with Crippen LogP contribution in [0.2, 0.25) is 0 Å². The van der Waals surface area contributed by atoms with E-state index < -0.39 is 0 Å². The van der Waals surface area contributed by atoms with E-state index in [0.717, 1.165) is 64.6 Å². The smallest absolute Gasteiger partial charge is 0.162 e. The van der Waals surface area contributed by atoms with Crippen molar-refractivity contribution in [1.82, 2.24) is 0 Å². The highest BCUT2D eigenvalue weighted by Gasteiger charge is 2.18. The zero-order chi connectivity index (χ0) is 28.3. The molecule has 1 fully saturated rings. The molecule has 0 unspecified atom stereocenters. The Kier molecular flexibility index (Phi) is 10.7. The van der Waals surface area contributed by atoms with Gasteiger partial charge in [0.1, 0.15) is 17.9 Å². The van der Waals surface area contributed by atoms with Crippen LogP contribution in [-0.2, 0) is 4.74 Å². The number of carbonyl (C=O) groups excluding carboxylic acids is 1. The summed E-state index contributed by atoms with van der Waals surface area (Å²) in [5, 5.41) is 9.83. The maximum Gasteiger partial charge on any atom is 0.162 e. The highest BCUT2D eigenvalue weighted by Crippen LogP contribution is 2.32. The average Bonchev–Trinajstić information content (AvgIpc) is 2.99. The summed E-state index contributed by atoms with van der Waals surface area (Å²) in [7, 11) is 0. The van der Waals surface area contributed by atoms with Gasteiger partial charge in [-0.15, -0.1) is 0 Å². The van der Waals surface area contributed by atoms with Gasteiger partial charge in [0.05, 0.1) is 18.8 Å². The number of unbranched alkanes of at least 4 members (excludes halogenated alkanes) is 4. The molecule has 0 aromatic heterocycles. The van der Waals surface area contributed by atoms with E-state index in [1.54, 1.807) is 0 Å². The fraction of sp³-hybridized carbons (Fsp3) is 0.389. The largest absolute Gasteiger partial charge is 0.489 e. The summed E-state index contributed by atoms with van der Waals surface area (Å²) in [5.41, 5.74) is 7.96. The van der Waals surface area contributed by atoms with Gasteiger partial charge in [-0.3, -0.25) is 4.79 Å². The van der Waals surface area contributed by atoms with E-state index in [9.17, 15) is 10.1 Å². The summed E-state index contributed by atoms with van der Waals surface area (Å²) < 4.78 is 11.6. The second-order valence-corrected chi connectivity index (χ2v) is 10.8. The van der Waals surface area contributed by atoms with Crippen LogP contribution in [0, 0.1) is 18.3 Å². The number of nitriles is 1. The van der Waals surface area contributed by atoms with Gasteiger partial charge in [-0.05, 0) is 65.8 Å². The van der Waals surface area contributed by atoms with Gasteiger partial charge in [0, 0.05) is 24.8 Å². The van der Waals surface area contributed by atoms with Crippen LogP contribution in [-0.4, -0.2) is 25.1 Å². The summed E-state index contributed by atoms with van der Waals surface area (Å²) in [4.78, 5) is 12.6. The van der Waals surface area contributed by atoms with E-state index in [4.69, 9.17) is 9.47 Å². The molecule has 40 heavy (non-hydrogen) atoms. The fourth-order valence-corrected chi connectivity index (χ4v) is 5.25. The van der Waals surface area contributed by atoms with Crippen LogP contribution in [0.3, 0.4) is 0 Å². The van der Waals surface area contributed by atoms with Crippen LogP contribution >= 0.6 is 0 Å². The lowest BCUT2D eigenvalue weighted by molar-refractivity contribution is 0.0254. The number of ether oxygens (including phenoxy) is 2. The number of hydrogen-bond acceptors (Lipinski definition) is 4. The number of Topliss-reactive ketones (excluding diaryl/α,β-unsaturated/α-hetero) is 1.